The number of nitrogens with one attached hydrogen (secondary N) is 1. The molecule has 5 N–H and O–H groups in total. The van der Waals surface area contributed by atoms with E-state index in [9.17, 15) is 9.59 Å². The molecule has 0 atom stereocenters. The highest BCUT2D eigenvalue weighted by Gasteiger charge is 2.22. The van der Waals surface area contributed by atoms with E-state index in [1.807, 2.05) is 4.90 Å². The fourth-order valence-corrected chi connectivity index (χ4v) is 2.02. The normalized spacial score (nSPS) is 17.6. The number of primary amides is 2. The summed E-state index contributed by atoms with van der Waals surface area (Å²) in [6, 6.07) is 0.327. The molecule has 1 heterocycles. The molecule has 1 aliphatic heterocycles. The van der Waals surface area contributed by atoms with Crippen LogP contribution in [0.3, 0.4) is 0 Å². The van der Waals surface area contributed by atoms with Gasteiger partial charge >= 0.3 is 0 Å². The number of hydrogen-bond acceptors (Lipinski definition) is 4. The molecule has 0 radical (unpaired) electrons. The number of hydrogen-bond donors (Lipinski definition) is 3. The number of piperidine rings is 1. The summed E-state index contributed by atoms with van der Waals surface area (Å²) in [6.45, 7) is 2.61. The quantitative estimate of drug-likeness (QED) is 0.509. The maximum Gasteiger partial charge on any atom is 0.231 e. The van der Waals surface area contributed by atoms with Gasteiger partial charge in [-0.2, -0.15) is 0 Å². The molecule has 2 amide bonds. The molecule has 6 nitrogen and oxygen atoms in total. The maximum atomic E-state index is 10.9. The smallest absolute Gasteiger partial charge is 0.231 e. The summed E-state index contributed by atoms with van der Waals surface area (Å²) in [7, 11) is 0. The van der Waals surface area contributed by atoms with Gasteiger partial charge in [0.05, 0.1) is 6.54 Å². The predicted octanol–water partition coefficient (Wildman–Crippen LogP) is -1.60. The van der Waals surface area contributed by atoms with E-state index in [1.165, 1.54) is 0 Å². The van der Waals surface area contributed by atoms with E-state index in [1.54, 1.807) is 0 Å². The van der Waals surface area contributed by atoms with Crippen molar-refractivity contribution in [3.8, 4) is 0 Å². The van der Waals surface area contributed by atoms with E-state index in [0.29, 0.717) is 12.6 Å². The highest BCUT2D eigenvalue weighted by atomic mass is 16.1. The first-order valence-electron chi connectivity index (χ1n) is 5.61. The zero-order valence-electron chi connectivity index (χ0n) is 9.45. The Kier molecular flexibility index (Phi) is 5.21. The van der Waals surface area contributed by atoms with Crippen LogP contribution in [0.1, 0.15) is 19.3 Å². The van der Waals surface area contributed by atoms with Crippen LogP contribution in [-0.4, -0.2) is 48.9 Å². The van der Waals surface area contributed by atoms with E-state index >= 15 is 0 Å². The molecule has 0 unspecified atom stereocenters. The zero-order valence-corrected chi connectivity index (χ0v) is 9.45. The van der Waals surface area contributed by atoms with Crippen molar-refractivity contribution in [3.05, 3.63) is 0 Å². The van der Waals surface area contributed by atoms with Crippen LogP contribution in [0.25, 0.3) is 0 Å². The van der Waals surface area contributed by atoms with E-state index in [4.69, 9.17) is 11.5 Å². The maximum absolute atomic E-state index is 10.9. The molecule has 1 aliphatic rings. The first-order chi connectivity index (χ1) is 7.59. The van der Waals surface area contributed by atoms with Crippen molar-refractivity contribution in [1.82, 2.24) is 10.2 Å². The van der Waals surface area contributed by atoms with Gasteiger partial charge in [-0.05, 0) is 25.9 Å². The van der Waals surface area contributed by atoms with Crippen LogP contribution in [0, 0.1) is 0 Å². The van der Waals surface area contributed by atoms with Crippen molar-refractivity contribution >= 4 is 11.8 Å². The Balaban J connectivity index is 2.47. The van der Waals surface area contributed by atoms with Crippen molar-refractivity contribution in [3.63, 3.8) is 0 Å². The summed E-state index contributed by atoms with van der Waals surface area (Å²) in [5, 5.41) is 3.25. The minimum atomic E-state index is -0.358. The summed E-state index contributed by atoms with van der Waals surface area (Å²) < 4.78 is 0. The standard InChI is InChI=1S/C10H20N4O2/c11-9(15)3-6-14(7-10(12)16)8-1-4-13-5-2-8/h8,13H,1-7H2,(H2,11,15)(H2,12,16). The van der Waals surface area contributed by atoms with E-state index < -0.39 is 0 Å². The van der Waals surface area contributed by atoms with Crippen LogP contribution in [-0.2, 0) is 9.59 Å². The fourth-order valence-electron chi connectivity index (χ4n) is 2.02. The van der Waals surface area contributed by atoms with Crippen molar-refractivity contribution in [2.45, 2.75) is 25.3 Å². The molecule has 92 valence electrons. The molecule has 0 aliphatic carbocycles. The minimum absolute atomic E-state index is 0.206. The molecule has 0 aromatic rings. The van der Waals surface area contributed by atoms with E-state index in [0.717, 1.165) is 25.9 Å². The van der Waals surface area contributed by atoms with Crippen LogP contribution >= 0.6 is 0 Å². The van der Waals surface area contributed by atoms with Gasteiger partial charge in [0.15, 0.2) is 0 Å². The summed E-state index contributed by atoms with van der Waals surface area (Å²) in [4.78, 5) is 23.7. The second-order valence-corrected chi connectivity index (χ2v) is 4.13. The van der Waals surface area contributed by atoms with Crippen LogP contribution in [0.4, 0.5) is 0 Å². The third-order valence-corrected chi connectivity index (χ3v) is 2.83. The third kappa shape index (κ3) is 4.59. The van der Waals surface area contributed by atoms with Crippen molar-refractivity contribution < 1.29 is 9.59 Å². The number of carbonyl (C=O) groups excluding carboxylic acids is 2. The van der Waals surface area contributed by atoms with Crippen molar-refractivity contribution in [1.29, 1.82) is 0 Å². The molecule has 0 bridgehead atoms. The Hall–Kier alpha value is -1.14. The molecule has 1 saturated heterocycles. The molecule has 1 rings (SSSR count). The highest BCUT2D eigenvalue weighted by molar-refractivity contribution is 5.76. The lowest BCUT2D eigenvalue weighted by Crippen LogP contribution is -2.47. The Bertz CT molecular complexity index is 251. The largest absolute Gasteiger partial charge is 0.370 e. The van der Waals surface area contributed by atoms with Gasteiger partial charge in [0.2, 0.25) is 11.8 Å². The van der Waals surface area contributed by atoms with Crippen molar-refractivity contribution in [2.75, 3.05) is 26.2 Å². The van der Waals surface area contributed by atoms with Gasteiger partial charge in [-0.3, -0.25) is 14.5 Å². The lowest BCUT2D eigenvalue weighted by molar-refractivity contribution is -0.122. The first kappa shape index (κ1) is 12.9. The summed E-state index contributed by atoms with van der Waals surface area (Å²) in [5.41, 5.74) is 10.3. The number of carbonyl (C=O) groups is 2. The van der Waals surface area contributed by atoms with Crippen LogP contribution < -0.4 is 16.8 Å². The van der Waals surface area contributed by atoms with Crippen LogP contribution in [0.2, 0.25) is 0 Å². The second-order valence-electron chi connectivity index (χ2n) is 4.13. The van der Waals surface area contributed by atoms with E-state index in [-0.39, 0.29) is 24.8 Å². The fraction of sp³-hybridized carbons (Fsp3) is 0.800. The number of nitrogens with two attached hydrogens (primary N) is 2. The van der Waals surface area contributed by atoms with Gasteiger partial charge in [-0.25, -0.2) is 0 Å². The lowest BCUT2D eigenvalue weighted by Gasteiger charge is -2.33. The molecular formula is C10H20N4O2. The molecule has 16 heavy (non-hydrogen) atoms. The average molecular weight is 228 g/mol. The SMILES string of the molecule is NC(=O)CCN(CC(N)=O)C1CCNCC1. The van der Waals surface area contributed by atoms with Gasteiger partial charge in [0, 0.05) is 19.0 Å². The Morgan fingerprint density at radius 2 is 1.81 bits per heavy atom. The Morgan fingerprint density at radius 3 is 2.31 bits per heavy atom. The minimum Gasteiger partial charge on any atom is -0.370 e. The van der Waals surface area contributed by atoms with Gasteiger partial charge < -0.3 is 16.8 Å². The zero-order chi connectivity index (χ0) is 12.0. The molecule has 0 saturated carbocycles. The lowest BCUT2D eigenvalue weighted by atomic mass is 10.0. The van der Waals surface area contributed by atoms with Crippen LogP contribution in [0.15, 0.2) is 0 Å². The third-order valence-electron chi connectivity index (χ3n) is 2.83. The number of amides is 2. The summed E-state index contributed by atoms with van der Waals surface area (Å²) >= 11 is 0. The predicted molar refractivity (Wildman–Crippen MR) is 60.5 cm³/mol. The van der Waals surface area contributed by atoms with Gasteiger partial charge in [0.25, 0.3) is 0 Å². The molecule has 0 spiro atoms. The van der Waals surface area contributed by atoms with E-state index in [2.05, 4.69) is 5.32 Å². The summed E-state index contributed by atoms with van der Waals surface area (Å²) in [5.74, 6) is -0.702. The second kappa shape index (κ2) is 6.44. The first-order valence-corrected chi connectivity index (χ1v) is 5.61. The Labute approximate surface area is 95.3 Å². The number of rotatable bonds is 6. The average Bonchev–Trinajstić information content (AvgIpc) is 2.25. The van der Waals surface area contributed by atoms with Gasteiger partial charge in [-0.15, -0.1) is 0 Å². The molecular weight excluding hydrogens is 208 g/mol. The number of nitrogens with zero attached hydrogens (tertiary/aromatic N) is 1. The summed E-state index contributed by atoms with van der Waals surface area (Å²) in [6.07, 6.45) is 2.23. The Morgan fingerprint density at radius 1 is 1.19 bits per heavy atom. The molecule has 0 aromatic carbocycles. The topological polar surface area (TPSA) is 101 Å². The van der Waals surface area contributed by atoms with Gasteiger partial charge in [-0.1, -0.05) is 0 Å². The van der Waals surface area contributed by atoms with Crippen molar-refractivity contribution in [2.24, 2.45) is 11.5 Å². The molecule has 6 heteroatoms. The monoisotopic (exact) mass is 228 g/mol. The van der Waals surface area contributed by atoms with Crippen LogP contribution in [0.5, 0.6) is 0 Å². The molecule has 0 aromatic heterocycles. The van der Waals surface area contributed by atoms with Gasteiger partial charge in [0.1, 0.15) is 0 Å². The molecule has 1 fully saturated rings. The highest BCUT2D eigenvalue weighted by Crippen LogP contribution is 2.11.